The van der Waals surface area contributed by atoms with E-state index in [4.69, 9.17) is 38.7 Å². The van der Waals surface area contributed by atoms with Crippen molar-refractivity contribution < 1.29 is 4.74 Å². The maximum atomic E-state index is 6.60. The van der Waals surface area contributed by atoms with E-state index in [9.17, 15) is 0 Å². The van der Waals surface area contributed by atoms with E-state index in [-0.39, 0.29) is 6.61 Å². The minimum atomic E-state index is 0.182. The number of anilines is 2. The standard InChI is InChI=1S/C25H29Cl2N5O/c1-4-13-32(5-2)21-14-17(3)31-24-18(21)9-8-10-22(24)33-16-19-20(26)15-30-25(23(19)27)29-12-7-6-11-28/h4-5,8-10,13-15H,2,6-7,11-12,16,28H2,1,3H3,(H,29,30)/b13-4-. The van der Waals surface area contributed by atoms with E-state index in [1.165, 1.54) is 0 Å². The largest absolute Gasteiger partial charge is 0.487 e. The number of halogens is 2. The van der Waals surface area contributed by atoms with Crippen LogP contribution in [0.4, 0.5) is 11.5 Å². The van der Waals surface area contributed by atoms with Gasteiger partial charge in [-0.1, -0.05) is 48.0 Å². The number of benzene rings is 1. The Balaban J connectivity index is 1.90. The van der Waals surface area contributed by atoms with Gasteiger partial charge in [0.1, 0.15) is 23.7 Å². The molecule has 2 aromatic heterocycles. The lowest BCUT2D eigenvalue weighted by Gasteiger charge is -2.19. The molecule has 0 atom stereocenters. The number of allylic oxidation sites excluding steroid dienone is 1. The fourth-order valence-corrected chi connectivity index (χ4v) is 3.96. The molecule has 3 N–H and O–H groups in total. The van der Waals surface area contributed by atoms with Crippen LogP contribution in [0.2, 0.25) is 10.0 Å². The van der Waals surface area contributed by atoms with Gasteiger partial charge in [0.25, 0.3) is 0 Å². The molecule has 0 unspecified atom stereocenters. The van der Waals surface area contributed by atoms with Crippen molar-refractivity contribution in [2.45, 2.75) is 33.3 Å². The summed E-state index contributed by atoms with van der Waals surface area (Å²) in [5.74, 6) is 1.22. The van der Waals surface area contributed by atoms with Crippen molar-refractivity contribution in [2.75, 3.05) is 23.3 Å². The number of fused-ring (bicyclic) bond motifs is 1. The number of nitrogens with one attached hydrogen (secondary N) is 1. The van der Waals surface area contributed by atoms with Crippen molar-refractivity contribution in [2.24, 2.45) is 5.73 Å². The highest BCUT2D eigenvalue weighted by molar-refractivity contribution is 6.37. The average Bonchev–Trinajstić information content (AvgIpc) is 2.81. The highest BCUT2D eigenvalue weighted by Crippen LogP contribution is 2.35. The van der Waals surface area contributed by atoms with Crippen LogP contribution in [0.25, 0.3) is 10.9 Å². The van der Waals surface area contributed by atoms with Gasteiger partial charge >= 0.3 is 0 Å². The second-order valence-corrected chi connectivity index (χ2v) is 8.25. The SMILES string of the molecule is C=CN(/C=C\C)c1cc(C)nc2c(OCc3c(Cl)cnc(NCCCCN)c3Cl)cccc12. The predicted molar refractivity (Wildman–Crippen MR) is 139 cm³/mol. The number of para-hydroxylation sites is 1. The van der Waals surface area contributed by atoms with Gasteiger partial charge in [-0.2, -0.15) is 0 Å². The third kappa shape index (κ3) is 5.96. The first-order chi connectivity index (χ1) is 16.0. The molecular formula is C25H29Cl2N5O. The van der Waals surface area contributed by atoms with Crippen molar-refractivity contribution in [1.82, 2.24) is 9.97 Å². The zero-order valence-electron chi connectivity index (χ0n) is 18.9. The molecule has 0 aliphatic heterocycles. The molecular weight excluding hydrogens is 457 g/mol. The van der Waals surface area contributed by atoms with E-state index in [1.54, 1.807) is 12.4 Å². The van der Waals surface area contributed by atoms with Crippen molar-refractivity contribution in [3.05, 3.63) is 76.8 Å². The Labute approximate surface area is 205 Å². The first-order valence-corrected chi connectivity index (χ1v) is 11.6. The molecule has 0 fully saturated rings. The van der Waals surface area contributed by atoms with E-state index in [1.807, 2.05) is 55.3 Å². The normalized spacial score (nSPS) is 11.2. The molecule has 0 saturated carbocycles. The summed E-state index contributed by atoms with van der Waals surface area (Å²) in [7, 11) is 0. The van der Waals surface area contributed by atoms with E-state index in [0.29, 0.717) is 33.7 Å². The van der Waals surface area contributed by atoms with E-state index in [2.05, 4.69) is 16.9 Å². The van der Waals surface area contributed by atoms with Gasteiger partial charge in [0, 0.05) is 41.8 Å². The number of aryl methyl sites for hydroxylation is 1. The summed E-state index contributed by atoms with van der Waals surface area (Å²) in [4.78, 5) is 11.0. The van der Waals surface area contributed by atoms with Crippen LogP contribution in [0.5, 0.6) is 5.75 Å². The van der Waals surface area contributed by atoms with Gasteiger partial charge in [0.2, 0.25) is 0 Å². The Morgan fingerprint density at radius 1 is 1.27 bits per heavy atom. The number of ether oxygens (including phenoxy) is 1. The van der Waals surface area contributed by atoms with E-state index in [0.717, 1.165) is 41.7 Å². The summed E-state index contributed by atoms with van der Waals surface area (Å²) in [6.45, 7) is 9.41. The van der Waals surface area contributed by atoms with Gasteiger partial charge in [-0.15, -0.1) is 0 Å². The van der Waals surface area contributed by atoms with Crippen LogP contribution < -0.4 is 20.7 Å². The average molecular weight is 486 g/mol. The number of unbranched alkanes of at least 4 members (excludes halogenated alkanes) is 1. The summed E-state index contributed by atoms with van der Waals surface area (Å²) in [6, 6.07) is 7.86. The molecule has 0 bridgehead atoms. The highest BCUT2D eigenvalue weighted by atomic mass is 35.5. The summed E-state index contributed by atoms with van der Waals surface area (Å²) >= 11 is 13.0. The van der Waals surface area contributed by atoms with Gasteiger partial charge < -0.3 is 20.7 Å². The molecule has 0 aliphatic rings. The molecule has 0 spiro atoms. The molecule has 1 aromatic carbocycles. The maximum absolute atomic E-state index is 6.60. The Hall–Kier alpha value is -2.80. The fourth-order valence-electron chi connectivity index (χ4n) is 3.44. The molecule has 3 rings (SSSR count). The number of rotatable bonds is 11. The monoisotopic (exact) mass is 485 g/mol. The first kappa shape index (κ1) is 24.8. The third-order valence-electron chi connectivity index (χ3n) is 5.06. The minimum Gasteiger partial charge on any atom is -0.487 e. The Morgan fingerprint density at radius 2 is 2.09 bits per heavy atom. The van der Waals surface area contributed by atoms with Crippen LogP contribution in [-0.4, -0.2) is 23.1 Å². The summed E-state index contributed by atoms with van der Waals surface area (Å²) in [6.07, 6.45) is 9.12. The molecule has 3 aromatic rings. The van der Waals surface area contributed by atoms with Crippen LogP contribution in [0.3, 0.4) is 0 Å². The smallest absolute Gasteiger partial charge is 0.146 e. The number of aromatic nitrogens is 2. The van der Waals surface area contributed by atoms with Crippen LogP contribution in [0.15, 0.2) is 55.5 Å². The molecule has 8 heteroatoms. The number of nitrogens with two attached hydrogens (primary N) is 1. The minimum absolute atomic E-state index is 0.182. The van der Waals surface area contributed by atoms with E-state index < -0.39 is 0 Å². The zero-order chi connectivity index (χ0) is 23.8. The summed E-state index contributed by atoms with van der Waals surface area (Å²) < 4.78 is 6.18. The second kappa shape index (κ2) is 11.9. The lowest BCUT2D eigenvalue weighted by Crippen LogP contribution is -2.09. The summed E-state index contributed by atoms with van der Waals surface area (Å²) in [5.41, 5.74) is 8.82. The highest BCUT2D eigenvalue weighted by Gasteiger charge is 2.16. The van der Waals surface area contributed by atoms with Gasteiger partial charge in [0.05, 0.1) is 15.7 Å². The van der Waals surface area contributed by atoms with Gasteiger partial charge in [0.15, 0.2) is 0 Å². The van der Waals surface area contributed by atoms with Gasteiger partial charge in [-0.25, -0.2) is 9.97 Å². The molecule has 33 heavy (non-hydrogen) atoms. The van der Waals surface area contributed by atoms with Crippen LogP contribution >= 0.6 is 23.2 Å². The Morgan fingerprint density at radius 3 is 2.82 bits per heavy atom. The first-order valence-electron chi connectivity index (χ1n) is 10.8. The van der Waals surface area contributed by atoms with Crippen molar-refractivity contribution in [3.8, 4) is 5.75 Å². The molecule has 174 valence electrons. The fraction of sp³-hybridized carbons (Fsp3) is 0.280. The number of hydrogen-bond acceptors (Lipinski definition) is 6. The molecule has 2 heterocycles. The van der Waals surface area contributed by atoms with Crippen LogP contribution in [0.1, 0.15) is 31.0 Å². The van der Waals surface area contributed by atoms with Crippen LogP contribution in [0, 0.1) is 6.92 Å². The maximum Gasteiger partial charge on any atom is 0.146 e. The molecule has 0 saturated heterocycles. The number of pyridine rings is 2. The lowest BCUT2D eigenvalue weighted by atomic mass is 10.1. The molecule has 0 radical (unpaired) electrons. The molecule has 6 nitrogen and oxygen atoms in total. The van der Waals surface area contributed by atoms with Crippen molar-refractivity contribution >= 4 is 45.6 Å². The zero-order valence-corrected chi connectivity index (χ0v) is 20.5. The number of hydrogen-bond donors (Lipinski definition) is 2. The topological polar surface area (TPSA) is 76.3 Å². The third-order valence-corrected chi connectivity index (χ3v) is 5.79. The van der Waals surface area contributed by atoms with Gasteiger partial charge in [-0.05, 0) is 45.4 Å². The lowest BCUT2D eigenvalue weighted by molar-refractivity contribution is 0.309. The predicted octanol–water partition coefficient (Wildman–Crippen LogP) is 6.46. The molecule has 0 aliphatic carbocycles. The van der Waals surface area contributed by atoms with Crippen molar-refractivity contribution in [1.29, 1.82) is 0 Å². The van der Waals surface area contributed by atoms with Crippen LogP contribution in [-0.2, 0) is 6.61 Å². The van der Waals surface area contributed by atoms with E-state index >= 15 is 0 Å². The summed E-state index contributed by atoms with van der Waals surface area (Å²) in [5, 5.41) is 5.09. The quantitative estimate of drug-likeness (QED) is 0.303. The Bertz CT molecular complexity index is 1150. The van der Waals surface area contributed by atoms with Crippen molar-refractivity contribution in [3.63, 3.8) is 0 Å². The Kier molecular flexibility index (Phi) is 8.95. The number of nitrogens with zero attached hydrogens (tertiary/aromatic N) is 3. The second-order valence-electron chi connectivity index (χ2n) is 7.47. The molecule has 0 amide bonds. The van der Waals surface area contributed by atoms with Gasteiger partial charge in [-0.3, -0.25) is 0 Å².